The maximum Gasteiger partial charge on any atom is 0.304 e. The molecule has 2 rings (SSSR count). The number of rotatable bonds is 3. The number of hydrogen-bond donors (Lipinski definition) is 3. The SMILES string of the molecule is Cc1nc(NCc2csc(=O)[nH]2)cc(=O)[nH]1. The number of H-pyrrole nitrogens is 2. The lowest BCUT2D eigenvalue weighted by molar-refractivity contribution is 0.982. The van der Waals surface area contributed by atoms with Gasteiger partial charge in [-0.3, -0.25) is 9.59 Å². The number of nitrogens with one attached hydrogen (secondary N) is 3. The molecule has 2 aromatic rings. The summed E-state index contributed by atoms with van der Waals surface area (Å²) in [5, 5.41) is 4.69. The van der Waals surface area contributed by atoms with E-state index in [1.54, 1.807) is 12.3 Å². The van der Waals surface area contributed by atoms with Crippen LogP contribution in [0.15, 0.2) is 21.0 Å². The highest BCUT2D eigenvalue weighted by Gasteiger charge is 1.99. The molecule has 0 aliphatic heterocycles. The molecule has 0 aliphatic rings. The number of aromatic nitrogens is 3. The average Bonchev–Trinajstić information content (AvgIpc) is 2.60. The molecule has 0 spiro atoms. The second kappa shape index (κ2) is 4.31. The minimum atomic E-state index is -0.200. The van der Waals surface area contributed by atoms with Crippen LogP contribution < -0.4 is 15.7 Å². The second-order valence-electron chi connectivity index (χ2n) is 3.24. The summed E-state index contributed by atoms with van der Waals surface area (Å²) in [6.07, 6.45) is 0. The van der Waals surface area contributed by atoms with Gasteiger partial charge in [0.1, 0.15) is 11.6 Å². The van der Waals surface area contributed by atoms with E-state index in [-0.39, 0.29) is 10.4 Å². The van der Waals surface area contributed by atoms with Crippen molar-refractivity contribution in [2.75, 3.05) is 5.32 Å². The smallest absolute Gasteiger partial charge is 0.304 e. The van der Waals surface area contributed by atoms with Crippen molar-refractivity contribution in [2.24, 2.45) is 0 Å². The van der Waals surface area contributed by atoms with Crippen LogP contribution in [0.2, 0.25) is 0 Å². The first-order valence-corrected chi connectivity index (χ1v) is 5.50. The first-order chi connectivity index (χ1) is 7.63. The number of aromatic amines is 2. The largest absolute Gasteiger partial charge is 0.364 e. The molecule has 0 unspecified atom stereocenters. The van der Waals surface area contributed by atoms with Gasteiger partial charge in [-0.1, -0.05) is 11.3 Å². The Bertz CT molecular complexity index is 598. The quantitative estimate of drug-likeness (QED) is 0.723. The third-order valence-corrected chi connectivity index (χ3v) is 2.61. The van der Waals surface area contributed by atoms with Crippen LogP contribution in [0.1, 0.15) is 11.5 Å². The predicted molar refractivity (Wildman–Crippen MR) is 61.9 cm³/mol. The molecule has 2 aromatic heterocycles. The number of anilines is 1. The third-order valence-electron chi connectivity index (χ3n) is 1.89. The lowest BCUT2D eigenvalue weighted by Gasteiger charge is -2.03. The van der Waals surface area contributed by atoms with E-state index in [0.29, 0.717) is 18.2 Å². The highest BCUT2D eigenvalue weighted by Crippen LogP contribution is 2.02. The van der Waals surface area contributed by atoms with Crippen LogP contribution in [0.25, 0.3) is 0 Å². The summed E-state index contributed by atoms with van der Waals surface area (Å²) in [7, 11) is 0. The van der Waals surface area contributed by atoms with Crippen molar-refractivity contribution in [1.82, 2.24) is 15.0 Å². The Morgan fingerprint density at radius 3 is 2.88 bits per heavy atom. The molecule has 2 heterocycles. The van der Waals surface area contributed by atoms with E-state index in [4.69, 9.17) is 0 Å². The van der Waals surface area contributed by atoms with Crippen LogP contribution in [0.3, 0.4) is 0 Å². The van der Waals surface area contributed by atoms with E-state index in [9.17, 15) is 9.59 Å². The summed E-state index contributed by atoms with van der Waals surface area (Å²) in [5.41, 5.74) is 0.573. The number of nitrogens with zero attached hydrogens (tertiary/aromatic N) is 1. The molecule has 0 saturated heterocycles. The van der Waals surface area contributed by atoms with Crippen molar-refractivity contribution < 1.29 is 0 Å². The average molecular weight is 238 g/mol. The molecule has 0 fully saturated rings. The topological polar surface area (TPSA) is 90.6 Å². The highest BCUT2D eigenvalue weighted by molar-refractivity contribution is 7.07. The lowest BCUT2D eigenvalue weighted by atomic mass is 10.4. The first kappa shape index (κ1) is 10.6. The fourth-order valence-electron chi connectivity index (χ4n) is 1.26. The van der Waals surface area contributed by atoms with Crippen molar-refractivity contribution in [3.8, 4) is 0 Å². The molecule has 16 heavy (non-hydrogen) atoms. The molecule has 0 amide bonds. The Labute approximate surface area is 94.4 Å². The standard InChI is InChI=1S/C9H10N4O2S/c1-5-11-7(2-8(14)12-5)10-3-6-4-16-9(15)13-6/h2,4H,3H2,1H3,(H,13,15)(H2,10,11,12,14). The van der Waals surface area contributed by atoms with Crippen molar-refractivity contribution >= 4 is 17.2 Å². The van der Waals surface area contributed by atoms with Crippen molar-refractivity contribution in [3.63, 3.8) is 0 Å². The van der Waals surface area contributed by atoms with Gasteiger partial charge in [-0.15, -0.1) is 0 Å². The van der Waals surface area contributed by atoms with Crippen LogP contribution in [0.5, 0.6) is 0 Å². The van der Waals surface area contributed by atoms with Gasteiger partial charge in [-0.25, -0.2) is 4.98 Å². The zero-order chi connectivity index (χ0) is 11.5. The molecule has 0 saturated carbocycles. The maximum atomic E-state index is 11.1. The summed E-state index contributed by atoms with van der Waals surface area (Å²) in [6, 6.07) is 1.37. The third kappa shape index (κ3) is 2.57. The highest BCUT2D eigenvalue weighted by atomic mass is 32.1. The molecule has 0 bridgehead atoms. The Morgan fingerprint density at radius 1 is 1.44 bits per heavy atom. The maximum absolute atomic E-state index is 11.1. The first-order valence-electron chi connectivity index (χ1n) is 4.62. The van der Waals surface area contributed by atoms with Gasteiger partial charge in [0, 0.05) is 17.1 Å². The van der Waals surface area contributed by atoms with Crippen molar-refractivity contribution in [3.05, 3.63) is 43.0 Å². The normalized spacial score (nSPS) is 10.3. The van der Waals surface area contributed by atoms with E-state index in [1.165, 1.54) is 6.07 Å². The molecular weight excluding hydrogens is 228 g/mol. The van der Waals surface area contributed by atoms with Crippen LogP contribution in [-0.2, 0) is 6.54 Å². The lowest BCUT2D eigenvalue weighted by Crippen LogP contribution is -2.12. The van der Waals surface area contributed by atoms with Gasteiger partial charge in [-0.2, -0.15) is 0 Å². The Hall–Kier alpha value is -1.89. The predicted octanol–water partition coefficient (Wildman–Crippen LogP) is 0.440. The van der Waals surface area contributed by atoms with E-state index in [1.807, 2.05) is 0 Å². The van der Waals surface area contributed by atoms with E-state index in [0.717, 1.165) is 17.0 Å². The van der Waals surface area contributed by atoms with E-state index >= 15 is 0 Å². The van der Waals surface area contributed by atoms with Gasteiger partial charge in [0.2, 0.25) is 0 Å². The van der Waals surface area contributed by atoms with Crippen LogP contribution in [0.4, 0.5) is 5.82 Å². The Kier molecular flexibility index (Phi) is 2.86. The van der Waals surface area contributed by atoms with Gasteiger partial charge in [-0.05, 0) is 6.92 Å². The van der Waals surface area contributed by atoms with Gasteiger partial charge in [0.05, 0.1) is 6.54 Å². The van der Waals surface area contributed by atoms with Gasteiger partial charge in [0.15, 0.2) is 0 Å². The summed E-state index contributed by atoms with van der Waals surface area (Å²) in [5.74, 6) is 1.04. The fraction of sp³-hybridized carbons (Fsp3) is 0.222. The molecular formula is C9H10N4O2S. The van der Waals surface area contributed by atoms with Crippen molar-refractivity contribution in [1.29, 1.82) is 0 Å². The van der Waals surface area contributed by atoms with Crippen LogP contribution in [-0.4, -0.2) is 15.0 Å². The second-order valence-corrected chi connectivity index (χ2v) is 4.09. The molecule has 0 atom stereocenters. The molecule has 3 N–H and O–H groups in total. The van der Waals surface area contributed by atoms with Crippen molar-refractivity contribution in [2.45, 2.75) is 13.5 Å². The summed E-state index contributed by atoms with van der Waals surface area (Å²) >= 11 is 1.11. The summed E-state index contributed by atoms with van der Waals surface area (Å²) in [6.45, 7) is 2.15. The molecule has 6 nitrogen and oxygen atoms in total. The molecule has 84 valence electrons. The van der Waals surface area contributed by atoms with E-state index < -0.39 is 0 Å². The van der Waals surface area contributed by atoms with Crippen LogP contribution in [0, 0.1) is 6.92 Å². The minimum Gasteiger partial charge on any atom is -0.364 e. The Morgan fingerprint density at radius 2 is 2.25 bits per heavy atom. The zero-order valence-electron chi connectivity index (χ0n) is 8.53. The molecule has 0 aliphatic carbocycles. The van der Waals surface area contributed by atoms with Crippen LogP contribution >= 0.6 is 11.3 Å². The van der Waals surface area contributed by atoms with Gasteiger partial charge in [0.25, 0.3) is 5.56 Å². The molecule has 0 aromatic carbocycles. The monoisotopic (exact) mass is 238 g/mol. The number of hydrogen-bond acceptors (Lipinski definition) is 5. The van der Waals surface area contributed by atoms with Gasteiger partial charge >= 0.3 is 4.87 Å². The summed E-state index contributed by atoms with van der Waals surface area (Å²) < 4.78 is 0. The number of thiazole rings is 1. The van der Waals surface area contributed by atoms with Gasteiger partial charge < -0.3 is 15.3 Å². The summed E-state index contributed by atoms with van der Waals surface area (Å²) in [4.78, 5) is 31.2. The number of aryl methyl sites for hydroxylation is 1. The fourth-order valence-corrected chi connectivity index (χ4v) is 1.84. The van der Waals surface area contributed by atoms with E-state index in [2.05, 4.69) is 20.3 Å². The minimum absolute atomic E-state index is 0.0909. The molecule has 7 heteroatoms. The Balaban J connectivity index is 2.10. The molecule has 0 radical (unpaired) electrons. The zero-order valence-corrected chi connectivity index (χ0v) is 9.35.